The number of aromatic nitrogens is 3. The molecule has 1 aromatic carbocycles. The molecular formula is C16H17N5O2. The molecule has 0 radical (unpaired) electrons. The predicted octanol–water partition coefficient (Wildman–Crippen LogP) is 3.58. The molecule has 0 saturated heterocycles. The Balaban J connectivity index is 1.82. The lowest BCUT2D eigenvalue weighted by Crippen LogP contribution is -2.14. The molecule has 2 aromatic heterocycles. The van der Waals surface area contributed by atoms with Gasteiger partial charge in [0.15, 0.2) is 5.65 Å². The van der Waals surface area contributed by atoms with Crippen LogP contribution in [-0.4, -0.2) is 27.7 Å². The summed E-state index contributed by atoms with van der Waals surface area (Å²) in [6.45, 7) is 4.07. The molecule has 3 rings (SSSR count). The molecule has 0 atom stereocenters. The number of para-hydroxylation sites is 1. The van der Waals surface area contributed by atoms with Gasteiger partial charge < -0.3 is 15.0 Å². The van der Waals surface area contributed by atoms with Crippen LogP contribution in [0.2, 0.25) is 0 Å². The van der Waals surface area contributed by atoms with E-state index < -0.39 is 6.09 Å². The van der Waals surface area contributed by atoms with Crippen molar-refractivity contribution in [3.05, 3.63) is 42.1 Å². The normalized spacial score (nSPS) is 10.5. The maximum atomic E-state index is 11.4. The Labute approximate surface area is 133 Å². The first-order valence-corrected chi connectivity index (χ1v) is 7.28. The number of carbonyl (C=O) groups is 1. The van der Waals surface area contributed by atoms with Gasteiger partial charge in [-0.05, 0) is 31.5 Å². The van der Waals surface area contributed by atoms with Gasteiger partial charge in [0.05, 0.1) is 18.5 Å². The number of carbonyl (C=O) groups excluding carboxylic acids is 1. The quantitative estimate of drug-likeness (QED) is 0.685. The van der Waals surface area contributed by atoms with Gasteiger partial charge in [-0.1, -0.05) is 18.2 Å². The van der Waals surface area contributed by atoms with Crippen LogP contribution in [0.5, 0.6) is 0 Å². The number of hydrogen-bond acceptors (Lipinski definition) is 5. The van der Waals surface area contributed by atoms with Crippen LogP contribution in [0.3, 0.4) is 0 Å². The van der Waals surface area contributed by atoms with E-state index >= 15 is 0 Å². The third-order valence-electron chi connectivity index (χ3n) is 3.26. The topological polar surface area (TPSA) is 91.9 Å². The average Bonchev–Trinajstić information content (AvgIpc) is 2.91. The monoisotopic (exact) mass is 311 g/mol. The highest BCUT2D eigenvalue weighted by Crippen LogP contribution is 2.22. The number of pyridine rings is 1. The van der Waals surface area contributed by atoms with E-state index in [0.717, 1.165) is 16.9 Å². The Kier molecular flexibility index (Phi) is 4.09. The molecule has 0 fully saturated rings. The Morgan fingerprint density at radius 2 is 2.17 bits per heavy atom. The molecule has 118 valence electrons. The van der Waals surface area contributed by atoms with E-state index in [2.05, 4.69) is 25.6 Å². The van der Waals surface area contributed by atoms with Crippen LogP contribution in [0, 0.1) is 6.92 Å². The number of aromatic amines is 1. The van der Waals surface area contributed by atoms with Crippen LogP contribution < -0.4 is 10.6 Å². The first-order valence-electron chi connectivity index (χ1n) is 7.28. The summed E-state index contributed by atoms with van der Waals surface area (Å²) in [4.78, 5) is 22.9. The number of amides is 1. The Morgan fingerprint density at radius 3 is 2.96 bits per heavy atom. The van der Waals surface area contributed by atoms with Gasteiger partial charge in [0, 0.05) is 5.69 Å². The Bertz CT molecular complexity index is 843. The lowest BCUT2D eigenvalue weighted by Gasteiger charge is -2.08. The summed E-state index contributed by atoms with van der Waals surface area (Å²) in [5.74, 6) is 0.305. The first-order chi connectivity index (χ1) is 11.2. The van der Waals surface area contributed by atoms with E-state index in [4.69, 9.17) is 4.74 Å². The largest absolute Gasteiger partial charge is 0.450 e. The molecule has 0 aliphatic carbocycles. The van der Waals surface area contributed by atoms with Crippen molar-refractivity contribution in [2.24, 2.45) is 0 Å². The van der Waals surface area contributed by atoms with Gasteiger partial charge >= 0.3 is 6.09 Å². The minimum atomic E-state index is -0.551. The number of benzene rings is 1. The molecular weight excluding hydrogens is 294 g/mol. The van der Waals surface area contributed by atoms with Crippen LogP contribution in [0.4, 0.5) is 22.1 Å². The van der Waals surface area contributed by atoms with Crippen molar-refractivity contribution in [3.8, 4) is 0 Å². The average molecular weight is 311 g/mol. The van der Waals surface area contributed by atoms with Gasteiger partial charge in [0.2, 0.25) is 5.95 Å². The number of imidazole rings is 1. The highest BCUT2D eigenvalue weighted by atomic mass is 16.5. The molecule has 0 saturated carbocycles. The van der Waals surface area contributed by atoms with E-state index in [1.54, 1.807) is 13.1 Å². The number of hydrogen-bond donors (Lipinski definition) is 3. The molecule has 0 aliphatic rings. The summed E-state index contributed by atoms with van der Waals surface area (Å²) in [6, 6.07) is 9.85. The second-order valence-corrected chi connectivity index (χ2v) is 4.96. The van der Waals surface area contributed by atoms with E-state index in [1.807, 2.05) is 37.3 Å². The zero-order chi connectivity index (χ0) is 16.2. The zero-order valence-electron chi connectivity index (χ0n) is 12.9. The molecule has 1 amide bonds. The number of anilines is 3. The Morgan fingerprint density at radius 1 is 1.35 bits per heavy atom. The molecule has 23 heavy (non-hydrogen) atoms. The van der Waals surface area contributed by atoms with Crippen LogP contribution in [0.1, 0.15) is 12.5 Å². The number of rotatable bonds is 4. The zero-order valence-corrected chi connectivity index (χ0v) is 12.9. The summed E-state index contributed by atoms with van der Waals surface area (Å²) in [7, 11) is 0. The Hall–Kier alpha value is -3.09. The van der Waals surface area contributed by atoms with Gasteiger partial charge in [0.1, 0.15) is 5.52 Å². The fourth-order valence-electron chi connectivity index (χ4n) is 2.16. The van der Waals surface area contributed by atoms with E-state index in [1.165, 1.54) is 0 Å². The van der Waals surface area contributed by atoms with Gasteiger partial charge in [-0.15, -0.1) is 0 Å². The van der Waals surface area contributed by atoms with Crippen molar-refractivity contribution in [2.75, 3.05) is 17.2 Å². The van der Waals surface area contributed by atoms with Crippen LogP contribution in [-0.2, 0) is 4.74 Å². The van der Waals surface area contributed by atoms with E-state index in [-0.39, 0.29) is 0 Å². The highest BCUT2D eigenvalue weighted by molar-refractivity contribution is 5.86. The van der Waals surface area contributed by atoms with Gasteiger partial charge in [-0.2, -0.15) is 0 Å². The van der Waals surface area contributed by atoms with Crippen molar-refractivity contribution >= 4 is 34.6 Å². The molecule has 3 aromatic rings. The van der Waals surface area contributed by atoms with E-state index in [9.17, 15) is 4.79 Å². The van der Waals surface area contributed by atoms with Crippen molar-refractivity contribution in [2.45, 2.75) is 13.8 Å². The van der Waals surface area contributed by atoms with Crippen LogP contribution >= 0.6 is 0 Å². The van der Waals surface area contributed by atoms with Crippen molar-refractivity contribution in [1.82, 2.24) is 15.0 Å². The lowest BCUT2D eigenvalue weighted by molar-refractivity contribution is 0.167. The number of nitrogens with zero attached hydrogens (tertiary/aromatic N) is 2. The highest BCUT2D eigenvalue weighted by Gasteiger charge is 2.09. The predicted molar refractivity (Wildman–Crippen MR) is 89.0 cm³/mol. The summed E-state index contributed by atoms with van der Waals surface area (Å²) in [5, 5.41) is 5.83. The molecule has 0 bridgehead atoms. The minimum absolute atomic E-state index is 0.300. The fraction of sp³-hybridized carbons (Fsp3) is 0.188. The smallest absolute Gasteiger partial charge is 0.413 e. The van der Waals surface area contributed by atoms with Crippen molar-refractivity contribution in [1.29, 1.82) is 0 Å². The number of nitrogens with one attached hydrogen (secondary N) is 3. The number of aryl methyl sites for hydroxylation is 1. The van der Waals surface area contributed by atoms with Gasteiger partial charge in [-0.3, -0.25) is 5.32 Å². The minimum Gasteiger partial charge on any atom is -0.450 e. The first kappa shape index (κ1) is 14.8. The SMILES string of the molecule is CCOC(=O)Nc1nc2cc(Nc3ccccc3C)cnc2[nH]1. The second kappa shape index (κ2) is 6.35. The standard InChI is InChI=1S/C16H17N5O2/c1-3-23-16(22)21-15-19-13-8-11(9-17-14(13)20-15)18-12-7-5-4-6-10(12)2/h4-9,18H,3H2,1-2H3,(H2,17,19,20,21,22). The third kappa shape index (κ3) is 3.39. The van der Waals surface area contributed by atoms with Crippen molar-refractivity contribution < 1.29 is 9.53 Å². The van der Waals surface area contributed by atoms with Gasteiger partial charge in [-0.25, -0.2) is 14.8 Å². The maximum absolute atomic E-state index is 11.4. The molecule has 7 heteroatoms. The van der Waals surface area contributed by atoms with Crippen molar-refractivity contribution in [3.63, 3.8) is 0 Å². The number of fused-ring (bicyclic) bond motifs is 1. The lowest BCUT2D eigenvalue weighted by atomic mass is 10.2. The number of ether oxygens (including phenoxy) is 1. The van der Waals surface area contributed by atoms with Crippen LogP contribution in [0.25, 0.3) is 11.2 Å². The number of H-pyrrole nitrogens is 1. The second-order valence-electron chi connectivity index (χ2n) is 4.96. The van der Waals surface area contributed by atoms with Crippen LogP contribution in [0.15, 0.2) is 36.5 Å². The summed E-state index contributed by atoms with van der Waals surface area (Å²) in [6.07, 6.45) is 1.16. The molecule has 2 heterocycles. The summed E-state index contributed by atoms with van der Waals surface area (Å²) < 4.78 is 4.81. The molecule has 0 unspecified atom stereocenters. The summed E-state index contributed by atoms with van der Waals surface area (Å²) in [5.41, 5.74) is 4.21. The molecule has 0 aliphatic heterocycles. The van der Waals surface area contributed by atoms with Gasteiger partial charge in [0.25, 0.3) is 0 Å². The molecule has 7 nitrogen and oxygen atoms in total. The maximum Gasteiger partial charge on any atom is 0.413 e. The molecule has 3 N–H and O–H groups in total. The fourth-order valence-corrected chi connectivity index (χ4v) is 2.16. The van der Waals surface area contributed by atoms with E-state index in [0.29, 0.717) is 23.7 Å². The third-order valence-corrected chi connectivity index (χ3v) is 3.26. The molecule has 0 spiro atoms. The summed E-state index contributed by atoms with van der Waals surface area (Å²) >= 11 is 0.